The van der Waals surface area contributed by atoms with E-state index in [0.717, 1.165) is 22.6 Å². The summed E-state index contributed by atoms with van der Waals surface area (Å²) in [5.41, 5.74) is 3.61. The second-order valence-corrected chi connectivity index (χ2v) is 8.17. The number of amides is 1. The van der Waals surface area contributed by atoms with E-state index in [-0.39, 0.29) is 18.3 Å². The van der Waals surface area contributed by atoms with E-state index in [0.29, 0.717) is 43.2 Å². The molecule has 0 bridgehead atoms. The van der Waals surface area contributed by atoms with E-state index in [1.54, 1.807) is 23.1 Å². The molecule has 0 unspecified atom stereocenters. The number of nitrogens with zero attached hydrogens (tertiary/aromatic N) is 4. The number of hydrogen-bond donors (Lipinski definition) is 0. The first-order chi connectivity index (χ1) is 16.5. The number of aryl methyl sites for hydroxylation is 1. The first-order valence-corrected chi connectivity index (χ1v) is 11.2. The number of Topliss-reactive ketones (excluding diaryl/α,β-unsaturated/α-hetero) is 1. The predicted molar refractivity (Wildman–Crippen MR) is 129 cm³/mol. The van der Waals surface area contributed by atoms with E-state index >= 15 is 0 Å². The van der Waals surface area contributed by atoms with Gasteiger partial charge in [0.25, 0.3) is 5.91 Å². The van der Waals surface area contributed by atoms with Gasteiger partial charge in [0.1, 0.15) is 0 Å². The summed E-state index contributed by atoms with van der Waals surface area (Å²) >= 11 is 0. The summed E-state index contributed by atoms with van der Waals surface area (Å²) in [5.74, 6) is 1.50. The Morgan fingerprint density at radius 2 is 1.71 bits per heavy atom. The average molecular weight is 461 g/mol. The average Bonchev–Trinajstić information content (AvgIpc) is 2.87. The van der Waals surface area contributed by atoms with Crippen molar-refractivity contribution in [1.29, 1.82) is 0 Å². The molecule has 0 radical (unpaired) electrons. The zero-order valence-electron chi connectivity index (χ0n) is 19.7. The van der Waals surface area contributed by atoms with Crippen LogP contribution in [0.2, 0.25) is 0 Å². The van der Waals surface area contributed by atoms with Crippen LogP contribution < -0.4 is 14.4 Å². The number of methoxy groups -OCH3 is 1. The summed E-state index contributed by atoms with van der Waals surface area (Å²) in [6, 6.07) is 17.0. The molecule has 1 aromatic heterocycles. The molecule has 0 aliphatic carbocycles. The van der Waals surface area contributed by atoms with E-state index in [1.165, 1.54) is 14.0 Å². The highest BCUT2D eigenvalue weighted by molar-refractivity contribution is 5.94. The van der Waals surface area contributed by atoms with Crippen LogP contribution in [0, 0.1) is 6.92 Å². The molecule has 3 aromatic rings. The molecule has 0 atom stereocenters. The van der Waals surface area contributed by atoms with Gasteiger partial charge in [-0.1, -0.05) is 24.3 Å². The SMILES string of the molecule is COc1cc(C(C)=O)ccc1OCC(=O)N1CCN(c2ccc(-c3ccccc3C)nn2)CC1. The Morgan fingerprint density at radius 3 is 2.35 bits per heavy atom. The van der Waals surface area contributed by atoms with Crippen molar-refractivity contribution in [2.24, 2.45) is 0 Å². The van der Waals surface area contributed by atoms with Gasteiger partial charge in [-0.3, -0.25) is 9.59 Å². The van der Waals surface area contributed by atoms with E-state index in [2.05, 4.69) is 28.1 Å². The highest BCUT2D eigenvalue weighted by atomic mass is 16.5. The fraction of sp³-hybridized carbons (Fsp3) is 0.308. The van der Waals surface area contributed by atoms with Gasteiger partial charge >= 0.3 is 0 Å². The molecular weight excluding hydrogens is 432 g/mol. The molecule has 1 aliphatic rings. The third kappa shape index (κ3) is 5.17. The molecule has 1 saturated heterocycles. The minimum Gasteiger partial charge on any atom is -0.493 e. The Labute approximate surface area is 199 Å². The molecule has 0 spiro atoms. The molecular formula is C26H28N4O4. The molecule has 8 heteroatoms. The van der Waals surface area contributed by atoms with Crippen LogP contribution in [-0.4, -0.2) is 66.7 Å². The minimum absolute atomic E-state index is 0.0618. The number of piperazine rings is 1. The standard InChI is InChI=1S/C26H28N4O4/c1-18-6-4-5-7-21(18)22-9-11-25(28-27-22)29-12-14-30(15-13-29)26(32)17-34-23-10-8-20(19(2)31)16-24(23)33-3/h4-11,16H,12-15,17H2,1-3H3. The molecule has 0 saturated carbocycles. The lowest BCUT2D eigenvalue weighted by molar-refractivity contribution is -0.133. The molecule has 8 nitrogen and oxygen atoms in total. The Morgan fingerprint density at radius 1 is 0.941 bits per heavy atom. The summed E-state index contributed by atoms with van der Waals surface area (Å²) in [5, 5.41) is 8.82. The highest BCUT2D eigenvalue weighted by Crippen LogP contribution is 2.28. The Kier molecular flexibility index (Phi) is 7.06. The summed E-state index contributed by atoms with van der Waals surface area (Å²) in [4.78, 5) is 28.1. The number of hydrogen-bond acceptors (Lipinski definition) is 7. The maximum absolute atomic E-state index is 12.7. The van der Waals surface area contributed by atoms with Gasteiger partial charge in [-0.2, -0.15) is 0 Å². The smallest absolute Gasteiger partial charge is 0.260 e. The molecule has 4 rings (SSSR count). The van der Waals surface area contributed by atoms with Crippen molar-refractivity contribution < 1.29 is 19.1 Å². The van der Waals surface area contributed by atoms with Crippen LogP contribution in [0.1, 0.15) is 22.8 Å². The summed E-state index contributed by atoms with van der Waals surface area (Å²) in [6.45, 7) is 5.93. The van der Waals surface area contributed by atoms with Crippen LogP contribution in [0.25, 0.3) is 11.3 Å². The summed E-state index contributed by atoms with van der Waals surface area (Å²) < 4.78 is 11.0. The van der Waals surface area contributed by atoms with Gasteiger partial charge in [-0.15, -0.1) is 10.2 Å². The van der Waals surface area contributed by atoms with Crippen LogP contribution in [0.15, 0.2) is 54.6 Å². The molecule has 176 valence electrons. The Hall–Kier alpha value is -3.94. The molecule has 1 fully saturated rings. The summed E-state index contributed by atoms with van der Waals surface area (Å²) in [7, 11) is 1.50. The van der Waals surface area contributed by atoms with Crippen molar-refractivity contribution >= 4 is 17.5 Å². The largest absolute Gasteiger partial charge is 0.493 e. The fourth-order valence-corrected chi connectivity index (χ4v) is 3.92. The zero-order valence-corrected chi connectivity index (χ0v) is 19.7. The van der Waals surface area contributed by atoms with Crippen LogP contribution >= 0.6 is 0 Å². The van der Waals surface area contributed by atoms with Crippen molar-refractivity contribution in [2.45, 2.75) is 13.8 Å². The molecule has 0 N–H and O–H groups in total. The summed E-state index contributed by atoms with van der Waals surface area (Å²) in [6.07, 6.45) is 0. The molecule has 1 aliphatic heterocycles. The first-order valence-electron chi connectivity index (χ1n) is 11.2. The topological polar surface area (TPSA) is 84.9 Å². The van der Waals surface area contributed by atoms with Gasteiger partial charge in [-0.05, 0) is 49.7 Å². The van der Waals surface area contributed by atoms with Crippen LogP contribution in [0.5, 0.6) is 11.5 Å². The maximum atomic E-state index is 12.7. The molecule has 34 heavy (non-hydrogen) atoms. The second-order valence-electron chi connectivity index (χ2n) is 8.17. The number of carbonyl (C=O) groups is 2. The van der Waals surface area contributed by atoms with E-state index in [9.17, 15) is 9.59 Å². The molecule has 2 aromatic carbocycles. The number of carbonyl (C=O) groups excluding carboxylic acids is 2. The van der Waals surface area contributed by atoms with E-state index in [1.807, 2.05) is 30.3 Å². The third-order valence-corrected chi connectivity index (χ3v) is 5.95. The second kappa shape index (κ2) is 10.3. The fourth-order valence-electron chi connectivity index (χ4n) is 3.92. The van der Waals surface area contributed by atoms with Gasteiger partial charge in [0.05, 0.1) is 12.8 Å². The van der Waals surface area contributed by atoms with Crippen molar-refractivity contribution in [2.75, 3.05) is 44.8 Å². The van der Waals surface area contributed by atoms with E-state index < -0.39 is 0 Å². The number of ketones is 1. The minimum atomic E-state index is -0.0988. The normalized spacial score (nSPS) is 13.5. The number of benzene rings is 2. The van der Waals surface area contributed by atoms with Crippen LogP contribution in [-0.2, 0) is 4.79 Å². The van der Waals surface area contributed by atoms with Crippen LogP contribution in [0.3, 0.4) is 0 Å². The van der Waals surface area contributed by atoms with Gasteiger partial charge in [-0.25, -0.2) is 0 Å². The Balaban J connectivity index is 1.31. The number of rotatable bonds is 7. The quantitative estimate of drug-likeness (QED) is 0.500. The lowest BCUT2D eigenvalue weighted by Crippen LogP contribution is -2.50. The lowest BCUT2D eigenvalue weighted by Gasteiger charge is -2.35. The van der Waals surface area contributed by atoms with Gasteiger partial charge in [0.2, 0.25) is 0 Å². The van der Waals surface area contributed by atoms with Crippen molar-refractivity contribution in [1.82, 2.24) is 15.1 Å². The van der Waals surface area contributed by atoms with Gasteiger partial charge in [0, 0.05) is 37.3 Å². The lowest BCUT2D eigenvalue weighted by atomic mass is 10.1. The molecule has 2 heterocycles. The number of aromatic nitrogens is 2. The number of anilines is 1. The monoisotopic (exact) mass is 460 g/mol. The highest BCUT2D eigenvalue weighted by Gasteiger charge is 2.23. The van der Waals surface area contributed by atoms with Crippen LogP contribution in [0.4, 0.5) is 5.82 Å². The zero-order chi connectivity index (χ0) is 24.1. The van der Waals surface area contributed by atoms with Crippen molar-refractivity contribution in [3.63, 3.8) is 0 Å². The maximum Gasteiger partial charge on any atom is 0.260 e. The van der Waals surface area contributed by atoms with Gasteiger partial charge in [0.15, 0.2) is 29.7 Å². The van der Waals surface area contributed by atoms with Gasteiger partial charge < -0.3 is 19.3 Å². The first kappa shape index (κ1) is 23.2. The van der Waals surface area contributed by atoms with E-state index in [4.69, 9.17) is 9.47 Å². The molecule has 1 amide bonds. The Bertz CT molecular complexity index is 1170. The predicted octanol–water partition coefficient (Wildman–Crippen LogP) is 3.39. The number of ether oxygens (including phenoxy) is 2. The third-order valence-electron chi connectivity index (χ3n) is 5.95. The van der Waals surface area contributed by atoms with Crippen molar-refractivity contribution in [3.8, 4) is 22.8 Å². The van der Waals surface area contributed by atoms with Crippen molar-refractivity contribution in [3.05, 3.63) is 65.7 Å².